The van der Waals surface area contributed by atoms with Gasteiger partial charge in [-0.05, 0) is 62.6 Å². The van der Waals surface area contributed by atoms with E-state index in [1.807, 2.05) is 19.0 Å². The fraction of sp³-hybridized carbons (Fsp3) is 0.545. The Hall–Kier alpha value is -3.78. The average Bonchev–Trinajstić information content (AvgIpc) is 3.18. The topological polar surface area (TPSA) is 411 Å². The minimum absolute atomic E-state index is 0. The van der Waals surface area contributed by atoms with Gasteiger partial charge in [0.25, 0.3) is 0 Å². The molecule has 3 rings (SSSR count). The number of carboxylic acids is 1. The fourth-order valence-electron chi connectivity index (χ4n) is 3.70. The number of aliphatic hydroxyl groups excluding tert-OH is 1. The van der Waals surface area contributed by atoms with E-state index in [0.717, 1.165) is 18.1 Å². The van der Waals surface area contributed by atoms with Crippen molar-refractivity contribution in [3.05, 3.63) is 64.6 Å². The van der Waals surface area contributed by atoms with Crippen LogP contribution in [0.1, 0.15) is 117 Å². The van der Waals surface area contributed by atoms with Gasteiger partial charge in [-0.2, -0.15) is 0 Å². The summed E-state index contributed by atoms with van der Waals surface area (Å²) in [6, 6.07) is 0. The molecule has 3 radical (unpaired) electrons. The number of aromatic nitrogens is 6. The number of methoxy groups -OCH3 is 2. The van der Waals surface area contributed by atoms with Gasteiger partial charge in [-0.25, -0.2) is 44.3 Å². The molecule has 3 aromatic heterocycles. The first-order valence-electron chi connectivity index (χ1n) is 18.6. The van der Waals surface area contributed by atoms with Crippen LogP contribution in [0.2, 0.25) is 0 Å². The number of hydrogen-bond donors (Lipinski definition) is 5. The zero-order chi connectivity index (χ0) is 49.2. The molecule has 0 amide bonds. The van der Waals surface area contributed by atoms with Crippen molar-refractivity contribution in [3.8, 4) is 0 Å². The van der Waals surface area contributed by atoms with Crippen LogP contribution in [-0.2, 0) is 49.5 Å². The maximum Gasteiger partial charge on any atom is 1.00 e. The van der Waals surface area contributed by atoms with Crippen molar-refractivity contribution in [2.45, 2.75) is 105 Å². The fourth-order valence-corrected chi connectivity index (χ4v) is 3.70. The standard InChI is InChI=1S/C9H15NO3.C8H11N3O2.C6H9N3O.C6H10O3.C5H5N3O2.C5H13NO2.5CH4.B.3Na.2H2O.H/c1-5-13-9(12)8(7(2)11)6-10(3)4;1-3-13-7(12)6-4-10-8(9)11-5(6)2;1-4-5(3-10)2-8-6(7)9-4;1-3-9-6(8)4-5(2)7;6-5-7-1-3(2-8-5)4(9)10;1-6(2)5(7-3)8-4;;;;;;;;;;;;/h6H,5H2,1-4H3;4H,3H2,1-2H3,(H2,9,10,11);2,10H,3H2,1H3,(H2,7,8,9);3-4H2,1-2H3;1-2H,(H,9,10)(H2,6,7,8);5H,1-4H3;5*1H4;;;;;2*1H2;/q;;;;;;;;;;;;3*+1;;;-1/p-2/b8-6-;;;;;;;;;;;;;;;;;. The Morgan fingerprint density at radius 2 is 1.09 bits per heavy atom. The summed E-state index contributed by atoms with van der Waals surface area (Å²) in [5.41, 5.74) is 18.2. The molecule has 10 N–H and O–H groups in total. The van der Waals surface area contributed by atoms with Crippen LogP contribution in [0.5, 0.6) is 0 Å². The number of carbonyl (C=O) groups is 6. The molecule has 3 heterocycles. The summed E-state index contributed by atoms with van der Waals surface area (Å²) in [7, 11) is 10.5. The number of anilines is 3. The van der Waals surface area contributed by atoms with Gasteiger partial charge in [-0.15, -0.1) is 0 Å². The zero-order valence-electron chi connectivity index (χ0n) is 43.7. The molecule has 0 atom stereocenters. The number of esters is 3. The van der Waals surface area contributed by atoms with Crippen LogP contribution in [0.3, 0.4) is 0 Å². The number of aromatic carboxylic acids is 1. The van der Waals surface area contributed by atoms with Gasteiger partial charge in [-0.1, -0.05) is 37.1 Å². The van der Waals surface area contributed by atoms with E-state index in [1.165, 1.54) is 32.4 Å². The van der Waals surface area contributed by atoms with Crippen molar-refractivity contribution >= 4 is 61.7 Å². The maximum atomic E-state index is 11.2. The molecular formula is C44H86BN11Na3O15. The molecule has 413 valence electrons. The molecule has 0 bridgehead atoms. The summed E-state index contributed by atoms with van der Waals surface area (Å²) in [5, 5.41) is 17.0. The molecule has 0 unspecified atom stereocenters. The van der Waals surface area contributed by atoms with Gasteiger partial charge in [0.2, 0.25) is 24.3 Å². The van der Waals surface area contributed by atoms with Crippen LogP contribution in [0.4, 0.5) is 17.8 Å². The van der Waals surface area contributed by atoms with E-state index in [9.17, 15) is 28.8 Å². The van der Waals surface area contributed by atoms with Crippen LogP contribution in [0, 0.1) is 13.8 Å². The van der Waals surface area contributed by atoms with Gasteiger partial charge < -0.3 is 68.4 Å². The summed E-state index contributed by atoms with van der Waals surface area (Å²) in [4.78, 5) is 89.8. The molecule has 30 heteroatoms. The molecule has 3 aromatic rings. The van der Waals surface area contributed by atoms with E-state index < -0.39 is 23.9 Å². The van der Waals surface area contributed by atoms with Crippen LogP contribution < -0.4 is 106 Å². The molecule has 0 aliphatic rings. The molecular weight excluding hydrogens is 1000 g/mol. The number of hydrogen-bond acceptors (Lipinski definition) is 25. The van der Waals surface area contributed by atoms with E-state index >= 15 is 0 Å². The smallest absolute Gasteiger partial charge is 1.00 e. The SMILES string of the molecule is C.C.C.C.C.CCOC(=O)/C(=C\N(C)C)C(C)=O.CCOC(=O)CC(C)=O.CCOC(=O)c1cnc(N)nc1C.COC(OC)N(C)C.Cc1nc(N)ncc1CO.Nc1ncc(C(=O)O)cn1.[B].[H-].[Na+].[Na+].[Na+].[OH-].[OH-]. The molecule has 0 aliphatic heterocycles. The minimum atomic E-state index is -1.06. The first-order chi connectivity index (χ1) is 29.4. The van der Waals surface area contributed by atoms with Crippen molar-refractivity contribution in [3.63, 3.8) is 0 Å². The van der Waals surface area contributed by atoms with Crippen molar-refractivity contribution < 1.29 is 164 Å². The van der Waals surface area contributed by atoms with Gasteiger partial charge in [-0.3, -0.25) is 19.3 Å². The number of nitrogens with zero attached hydrogens (tertiary/aromatic N) is 8. The average molecular weight is 1090 g/mol. The predicted molar refractivity (Wildman–Crippen MR) is 275 cm³/mol. The Morgan fingerprint density at radius 3 is 1.39 bits per heavy atom. The number of aryl methyl sites for hydroxylation is 2. The quantitative estimate of drug-likeness (QED) is 0.0192. The van der Waals surface area contributed by atoms with Crippen LogP contribution in [0.15, 0.2) is 36.6 Å². The van der Waals surface area contributed by atoms with E-state index in [0.29, 0.717) is 30.0 Å². The first kappa shape index (κ1) is 106. The minimum Gasteiger partial charge on any atom is -1.00 e. The molecule has 74 heavy (non-hydrogen) atoms. The molecule has 0 fully saturated rings. The number of ether oxygens (including phenoxy) is 5. The number of carboxylic acid groups (broad SMARTS) is 1. The van der Waals surface area contributed by atoms with Crippen molar-refractivity contribution in [2.24, 2.45) is 0 Å². The summed E-state index contributed by atoms with van der Waals surface area (Å²) in [6.45, 7) is 12.2. The number of carbonyl (C=O) groups excluding carboxylic acids is 5. The number of aliphatic hydroxyl groups is 1. The van der Waals surface area contributed by atoms with Gasteiger partial charge >= 0.3 is 113 Å². The zero-order valence-corrected chi connectivity index (χ0v) is 48.7. The third-order valence-electron chi connectivity index (χ3n) is 6.47. The van der Waals surface area contributed by atoms with E-state index in [-0.39, 0.29) is 213 Å². The van der Waals surface area contributed by atoms with E-state index in [4.69, 9.17) is 46.4 Å². The number of nitrogens with two attached hydrogens (primary N) is 3. The maximum absolute atomic E-state index is 11.2. The van der Waals surface area contributed by atoms with Gasteiger partial charge in [0.1, 0.15) is 17.8 Å². The van der Waals surface area contributed by atoms with Gasteiger partial charge in [0.05, 0.1) is 43.2 Å². The monoisotopic (exact) mass is 1090 g/mol. The second-order valence-corrected chi connectivity index (χ2v) is 12.3. The van der Waals surface area contributed by atoms with Crippen LogP contribution >= 0.6 is 0 Å². The van der Waals surface area contributed by atoms with Crippen molar-refractivity contribution in [2.75, 3.05) is 79.4 Å². The van der Waals surface area contributed by atoms with Gasteiger partial charge in [0, 0.05) is 79.0 Å². The molecule has 0 saturated heterocycles. The van der Waals surface area contributed by atoms with Crippen molar-refractivity contribution in [1.29, 1.82) is 0 Å². The molecule has 0 aliphatic carbocycles. The third-order valence-corrected chi connectivity index (χ3v) is 6.47. The van der Waals surface area contributed by atoms with Gasteiger partial charge in [0.15, 0.2) is 5.78 Å². The Kier molecular flexibility index (Phi) is 91.4. The second kappa shape index (κ2) is 63.5. The van der Waals surface area contributed by atoms with E-state index in [2.05, 4.69) is 34.6 Å². The Bertz CT molecular complexity index is 1920. The predicted octanol–water partition coefficient (Wildman–Crippen LogP) is -5.03. The summed E-state index contributed by atoms with van der Waals surface area (Å²) >= 11 is 0. The normalized spacial score (nSPS) is 8.46. The second-order valence-electron chi connectivity index (χ2n) is 12.3. The Morgan fingerprint density at radius 1 is 0.689 bits per heavy atom. The third kappa shape index (κ3) is 54.5. The van der Waals surface area contributed by atoms with Crippen LogP contribution in [0.25, 0.3) is 0 Å². The number of rotatable bonds is 14. The summed E-state index contributed by atoms with van der Waals surface area (Å²) in [6.07, 6.45) is 6.35. The Labute approximate surface area is 510 Å². The largest absolute Gasteiger partial charge is 1.00 e. The number of nitrogen functional groups attached to an aromatic ring is 3. The Balaban J connectivity index is -0.0000000432. The molecule has 0 aromatic carbocycles. The summed E-state index contributed by atoms with van der Waals surface area (Å²) in [5.74, 6) is -2.44. The van der Waals surface area contributed by atoms with E-state index in [1.54, 1.807) is 67.8 Å². The molecule has 0 saturated carbocycles. The molecule has 0 spiro atoms. The van der Waals surface area contributed by atoms with Crippen molar-refractivity contribution in [1.82, 2.24) is 39.7 Å². The summed E-state index contributed by atoms with van der Waals surface area (Å²) < 4.78 is 23.7. The molecule has 26 nitrogen and oxygen atoms in total. The number of ketones is 2. The number of Topliss-reactive ketones (excluding diaryl/α,β-unsaturated/α-hetero) is 2. The first-order valence-corrected chi connectivity index (χ1v) is 18.6. The van der Waals surface area contributed by atoms with Crippen LogP contribution in [-0.4, -0.2) is 173 Å².